The van der Waals surface area contributed by atoms with Gasteiger partial charge in [0.15, 0.2) is 0 Å². The van der Waals surface area contributed by atoms with E-state index in [-0.39, 0.29) is 6.10 Å². The Hall–Kier alpha value is -1.13. The predicted molar refractivity (Wildman–Crippen MR) is 68.6 cm³/mol. The van der Waals surface area contributed by atoms with Gasteiger partial charge < -0.3 is 15.2 Å². The standard InChI is InChI=1S/C12H17NO2S/c1-3-11(12(13)16)15-8-9-4-6-10(14-2)7-5-9/h4-7,11H,3,8H2,1-2H3,(H2,13,16). The zero-order chi connectivity index (χ0) is 12.0. The molecular weight excluding hydrogens is 222 g/mol. The third-order valence-electron chi connectivity index (χ3n) is 2.30. The Morgan fingerprint density at radius 2 is 2.00 bits per heavy atom. The summed E-state index contributed by atoms with van der Waals surface area (Å²) in [5, 5.41) is 0. The van der Waals surface area contributed by atoms with E-state index in [2.05, 4.69) is 0 Å². The fourth-order valence-electron chi connectivity index (χ4n) is 1.32. The number of rotatable bonds is 6. The molecule has 1 unspecified atom stereocenters. The van der Waals surface area contributed by atoms with Gasteiger partial charge in [-0.15, -0.1) is 0 Å². The molecule has 0 bridgehead atoms. The molecule has 0 heterocycles. The summed E-state index contributed by atoms with van der Waals surface area (Å²) in [6.45, 7) is 2.51. The van der Waals surface area contributed by atoms with Crippen LogP contribution in [0.15, 0.2) is 24.3 Å². The summed E-state index contributed by atoms with van der Waals surface area (Å²) in [5.74, 6) is 0.838. The van der Waals surface area contributed by atoms with Crippen molar-refractivity contribution in [2.45, 2.75) is 26.1 Å². The molecule has 0 aromatic heterocycles. The highest BCUT2D eigenvalue weighted by molar-refractivity contribution is 7.80. The molecule has 0 radical (unpaired) electrons. The Morgan fingerprint density at radius 3 is 2.44 bits per heavy atom. The van der Waals surface area contributed by atoms with Crippen LogP contribution in [0.2, 0.25) is 0 Å². The second-order valence-corrected chi connectivity index (χ2v) is 3.93. The minimum Gasteiger partial charge on any atom is -0.497 e. The largest absolute Gasteiger partial charge is 0.497 e. The fourth-order valence-corrected chi connectivity index (χ4v) is 1.55. The van der Waals surface area contributed by atoms with E-state index < -0.39 is 0 Å². The number of benzene rings is 1. The molecule has 16 heavy (non-hydrogen) atoms. The van der Waals surface area contributed by atoms with Crippen LogP contribution in [0.4, 0.5) is 0 Å². The number of hydrogen-bond donors (Lipinski definition) is 1. The van der Waals surface area contributed by atoms with Gasteiger partial charge in [0.1, 0.15) is 16.8 Å². The van der Waals surface area contributed by atoms with E-state index in [1.807, 2.05) is 31.2 Å². The number of methoxy groups -OCH3 is 1. The van der Waals surface area contributed by atoms with Gasteiger partial charge in [-0.05, 0) is 24.1 Å². The fraction of sp³-hybridized carbons (Fsp3) is 0.417. The lowest BCUT2D eigenvalue weighted by molar-refractivity contribution is 0.0829. The summed E-state index contributed by atoms with van der Waals surface area (Å²) < 4.78 is 10.7. The average molecular weight is 239 g/mol. The van der Waals surface area contributed by atoms with E-state index in [9.17, 15) is 0 Å². The molecule has 0 spiro atoms. The molecule has 0 saturated carbocycles. The predicted octanol–water partition coefficient (Wildman–Crippen LogP) is 2.28. The maximum absolute atomic E-state index is 5.61. The van der Waals surface area contributed by atoms with Crippen LogP contribution in [0, 0.1) is 0 Å². The Labute approximate surface area is 102 Å². The first-order valence-electron chi connectivity index (χ1n) is 5.21. The van der Waals surface area contributed by atoms with Crippen molar-refractivity contribution in [2.75, 3.05) is 7.11 Å². The van der Waals surface area contributed by atoms with Gasteiger partial charge in [-0.3, -0.25) is 0 Å². The molecule has 1 atom stereocenters. The summed E-state index contributed by atoms with van der Waals surface area (Å²) in [7, 11) is 1.64. The van der Waals surface area contributed by atoms with E-state index in [0.717, 1.165) is 17.7 Å². The maximum atomic E-state index is 5.61. The van der Waals surface area contributed by atoms with Gasteiger partial charge in [0.05, 0.1) is 13.7 Å². The highest BCUT2D eigenvalue weighted by atomic mass is 32.1. The molecule has 2 N–H and O–H groups in total. The number of ether oxygens (including phenoxy) is 2. The first-order chi connectivity index (χ1) is 7.67. The molecule has 1 aromatic carbocycles. The summed E-state index contributed by atoms with van der Waals surface area (Å²) in [4.78, 5) is 0.413. The Bertz CT molecular complexity index is 337. The van der Waals surface area contributed by atoms with Crippen LogP contribution < -0.4 is 10.5 Å². The lowest BCUT2D eigenvalue weighted by Crippen LogP contribution is -2.28. The number of thiocarbonyl (C=S) groups is 1. The molecule has 3 nitrogen and oxygen atoms in total. The molecule has 0 aliphatic rings. The van der Waals surface area contributed by atoms with E-state index in [0.29, 0.717) is 11.6 Å². The molecule has 0 aliphatic heterocycles. The quantitative estimate of drug-likeness (QED) is 0.773. The zero-order valence-electron chi connectivity index (χ0n) is 9.60. The summed E-state index contributed by atoms with van der Waals surface area (Å²) in [6.07, 6.45) is 0.656. The molecule has 1 aromatic rings. The summed E-state index contributed by atoms with van der Waals surface area (Å²) in [5.41, 5.74) is 6.62. The maximum Gasteiger partial charge on any atom is 0.118 e. The van der Waals surface area contributed by atoms with Crippen molar-refractivity contribution >= 4 is 17.2 Å². The van der Waals surface area contributed by atoms with Crippen molar-refractivity contribution in [1.82, 2.24) is 0 Å². The first-order valence-corrected chi connectivity index (χ1v) is 5.62. The SMILES string of the molecule is CCC(OCc1ccc(OC)cc1)C(N)=S. The van der Waals surface area contributed by atoms with Crippen molar-refractivity contribution < 1.29 is 9.47 Å². The lowest BCUT2D eigenvalue weighted by atomic mass is 10.2. The second-order valence-electron chi connectivity index (χ2n) is 3.46. The first kappa shape index (κ1) is 12.9. The zero-order valence-corrected chi connectivity index (χ0v) is 10.4. The van der Waals surface area contributed by atoms with Gasteiger partial charge in [-0.1, -0.05) is 31.3 Å². The smallest absolute Gasteiger partial charge is 0.118 e. The Kier molecular flexibility index (Phi) is 5.22. The molecule has 4 heteroatoms. The van der Waals surface area contributed by atoms with Crippen molar-refractivity contribution in [3.63, 3.8) is 0 Å². The topological polar surface area (TPSA) is 44.5 Å². The van der Waals surface area contributed by atoms with E-state index in [1.165, 1.54) is 0 Å². The summed E-state index contributed by atoms with van der Waals surface area (Å²) in [6, 6.07) is 7.73. The van der Waals surface area contributed by atoms with Crippen LogP contribution in [-0.2, 0) is 11.3 Å². The second kappa shape index (κ2) is 6.45. The van der Waals surface area contributed by atoms with Gasteiger partial charge in [-0.2, -0.15) is 0 Å². The van der Waals surface area contributed by atoms with E-state index >= 15 is 0 Å². The summed E-state index contributed by atoms with van der Waals surface area (Å²) >= 11 is 4.90. The van der Waals surface area contributed by atoms with Crippen molar-refractivity contribution in [3.8, 4) is 5.75 Å². The number of hydrogen-bond acceptors (Lipinski definition) is 3. The van der Waals surface area contributed by atoms with Crippen LogP contribution in [0.1, 0.15) is 18.9 Å². The van der Waals surface area contributed by atoms with Crippen LogP contribution in [-0.4, -0.2) is 18.2 Å². The minimum absolute atomic E-state index is 0.142. The third-order valence-corrected chi connectivity index (χ3v) is 2.56. The molecular formula is C12H17NO2S. The van der Waals surface area contributed by atoms with Crippen LogP contribution in [0.25, 0.3) is 0 Å². The minimum atomic E-state index is -0.142. The van der Waals surface area contributed by atoms with Crippen LogP contribution in [0.5, 0.6) is 5.75 Å². The molecule has 0 amide bonds. The molecule has 0 fully saturated rings. The number of nitrogens with two attached hydrogens (primary N) is 1. The van der Waals surface area contributed by atoms with Gasteiger partial charge in [0.25, 0.3) is 0 Å². The van der Waals surface area contributed by atoms with Crippen molar-refractivity contribution in [3.05, 3.63) is 29.8 Å². The normalized spacial score (nSPS) is 12.1. The Balaban J connectivity index is 2.50. The van der Waals surface area contributed by atoms with E-state index in [1.54, 1.807) is 7.11 Å². The average Bonchev–Trinajstić information content (AvgIpc) is 2.30. The highest BCUT2D eigenvalue weighted by Gasteiger charge is 2.09. The van der Waals surface area contributed by atoms with E-state index in [4.69, 9.17) is 27.4 Å². The molecule has 0 saturated heterocycles. The Morgan fingerprint density at radius 1 is 1.38 bits per heavy atom. The highest BCUT2D eigenvalue weighted by Crippen LogP contribution is 2.13. The van der Waals surface area contributed by atoms with Crippen LogP contribution in [0.3, 0.4) is 0 Å². The lowest BCUT2D eigenvalue weighted by Gasteiger charge is -2.14. The third kappa shape index (κ3) is 3.79. The monoisotopic (exact) mass is 239 g/mol. The van der Waals surface area contributed by atoms with Gasteiger partial charge >= 0.3 is 0 Å². The van der Waals surface area contributed by atoms with Gasteiger partial charge in [0, 0.05) is 0 Å². The van der Waals surface area contributed by atoms with Gasteiger partial charge in [0.2, 0.25) is 0 Å². The molecule has 88 valence electrons. The van der Waals surface area contributed by atoms with Crippen LogP contribution >= 0.6 is 12.2 Å². The molecule has 1 rings (SSSR count). The molecule has 0 aliphatic carbocycles. The van der Waals surface area contributed by atoms with Gasteiger partial charge in [-0.25, -0.2) is 0 Å². The van der Waals surface area contributed by atoms with Crippen molar-refractivity contribution in [1.29, 1.82) is 0 Å². The van der Waals surface area contributed by atoms with Crippen molar-refractivity contribution in [2.24, 2.45) is 5.73 Å².